The molecule has 0 aromatic heterocycles. The molecule has 1 aliphatic rings. The highest BCUT2D eigenvalue weighted by Gasteiger charge is 2.26. The lowest BCUT2D eigenvalue weighted by molar-refractivity contribution is -0.0399. The van der Waals surface area contributed by atoms with Gasteiger partial charge < -0.3 is 9.64 Å². The Morgan fingerprint density at radius 2 is 2.36 bits per heavy atom. The predicted molar refractivity (Wildman–Crippen MR) is 54.5 cm³/mol. The van der Waals surface area contributed by atoms with Gasteiger partial charge in [0.05, 0.1) is 12.7 Å². The van der Waals surface area contributed by atoms with E-state index >= 15 is 0 Å². The maximum atomic E-state index is 11.2. The average molecular weight is 221 g/mol. The average Bonchev–Trinajstić information content (AvgIpc) is 2.14. The van der Waals surface area contributed by atoms with E-state index in [0.717, 1.165) is 19.7 Å². The van der Waals surface area contributed by atoms with Crippen LogP contribution in [0.25, 0.3) is 0 Å². The Hall–Kier alpha value is -0.0600. The van der Waals surface area contributed by atoms with Crippen molar-refractivity contribution in [2.45, 2.75) is 6.10 Å². The van der Waals surface area contributed by atoms with Gasteiger partial charge in [-0.15, -0.1) is 4.52 Å². The number of ether oxygens (including phenoxy) is 1. The molecule has 6 heteroatoms. The number of likely N-dealkylation sites (N-methyl/N-ethyl adjacent to an activating group) is 1. The molecule has 1 heterocycles. The molecular formula is C8H18N2O3P+. The Morgan fingerprint density at radius 1 is 1.64 bits per heavy atom. The Morgan fingerprint density at radius 3 is 2.93 bits per heavy atom. The van der Waals surface area contributed by atoms with E-state index in [1.807, 2.05) is 7.05 Å². The number of morpholine rings is 1. The van der Waals surface area contributed by atoms with Crippen molar-refractivity contribution in [1.29, 1.82) is 0 Å². The molecule has 0 amide bonds. The molecule has 1 rings (SSSR count). The summed E-state index contributed by atoms with van der Waals surface area (Å²) < 4.78 is 23.4. The Bertz CT molecular complexity index is 201. The van der Waals surface area contributed by atoms with E-state index in [9.17, 15) is 4.57 Å². The first kappa shape index (κ1) is 12.0. The van der Waals surface area contributed by atoms with Crippen LogP contribution in [0.2, 0.25) is 0 Å². The first-order valence-electron chi connectivity index (χ1n) is 4.67. The lowest BCUT2D eigenvalue weighted by Gasteiger charge is -2.28. The fourth-order valence-electron chi connectivity index (χ4n) is 1.23. The molecule has 1 unspecified atom stereocenters. The van der Waals surface area contributed by atoms with Crippen molar-refractivity contribution in [2.24, 2.45) is 0 Å². The van der Waals surface area contributed by atoms with Crippen molar-refractivity contribution in [3.8, 4) is 0 Å². The summed E-state index contributed by atoms with van der Waals surface area (Å²) in [5.74, 6) is 0. The second-order valence-electron chi connectivity index (χ2n) is 3.64. The molecule has 14 heavy (non-hydrogen) atoms. The lowest BCUT2D eigenvalue weighted by atomic mass is 10.3. The molecule has 82 valence electrons. The van der Waals surface area contributed by atoms with Crippen LogP contribution in [0, 0.1) is 0 Å². The largest absolute Gasteiger partial charge is 0.615 e. The van der Waals surface area contributed by atoms with E-state index in [2.05, 4.69) is 4.90 Å². The highest BCUT2D eigenvalue weighted by atomic mass is 31.1. The summed E-state index contributed by atoms with van der Waals surface area (Å²) in [6.07, 6.45) is 0.0487. The molecule has 1 saturated heterocycles. The van der Waals surface area contributed by atoms with Crippen LogP contribution in [0.1, 0.15) is 0 Å². The summed E-state index contributed by atoms with van der Waals surface area (Å²) in [6.45, 7) is 2.92. The van der Waals surface area contributed by atoms with Crippen molar-refractivity contribution in [3.05, 3.63) is 0 Å². The van der Waals surface area contributed by atoms with Crippen LogP contribution in [-0.2, 0) is 13.8 Å². The van der Waals surface area contributed by atoms with Crippen LogP contribution < -0.4 is 0 Å². The molecule has 0 N–H and O–H groups in total. The molecule has 0 aromatic rings. The van der Waals surface area contributed by atoms with Crippen molar-refractivity contribution in [3.63, 3.8) is 0 Å². The molecule has 0 spiro atoms. The van der Waals surface area contributed by atoms with Crippen LogP contribution >= 0.6 is 8.18 Å². The van der Waals surface area contributed by atoms with E-state index in [1.165, 1.54) is 0 Å². The fraction of sp³-hybridized carbons (Fsp3) is 1.00. The molecule has 1 fully saturated rings. The highest BCUT2D eigenvalue weighted by molar-refractivity contribution is 7.36. The first-order chi connectivity index (χ1) is 6.59. The third-order valence-corrected chi connectivity index (χ3v) is 3.06. The zero-order valence-electron chi connectivity index (χ0n) is 8.97. The summed E-state index contributed by atoms with van der Waals surface area (Å²) in [6, 6.07) is 0. The zero-order valence-corrected chi connectivity index (χ0v) is 9.87. The molecule has 0 bridgehead atoms. The maximum Gasteiger partial charge on any atom is 0.615 e. The number of hydrogen-bond donors (Lipinski definition) is 0. The van der Waals surface area contributed by atoms with Gasteiger partial charge in [0, 0.05) is 27.2 Å². The van der Waals surface area contributed by atoms with Gasteiger partial charge in [0.15, 0.2) is 0 Å². The van der Waals surface area contributed by atoms with Gasteiger partial charge >= 0.3 is 8.18 Å². The quantitative estimate of drug-likeness (QED) is 0.648. The molecule has 1 aliphatic heterocycles. The van der Waals surface area contributed by atoms with Gasteiger partial charge in [-0.05, 0) is 11.6 Å². The third kappa shape index (κ3) is 3.98. The Balaban J connectivity index is 2.20. The van der Waals surface area contributed by atoms with Gasteiger partial charge in [0.1, 0.15) is 6.61 Å². The SMILES string of the molecule is CN1CCO[C@H](CO[P+](=O)N(C)C)C1. The van der Waals surface area contributed by atoms with E-state index in [4.69, 9.17) is 9.26 Å². The summed E-state index contributed by atoms with van der Waals surface area (Å²) in [5, 5.41) is 0. The fourth-order valence-corrected chi connectivity index (χ4v) is 1.75. The van der Waals surface area contributed by atoms with E-state index in [1.54, 1.807) is 18.8 Å². The van der Waals surface area contributed by atoms with Gasteiger partial charge in [-0.25, -0.2) is 0 Å². The Labute approximate surface area is 85.9 Å². The molecule has 2 atom stereocenters. The van der Waals surface area contributed by atoms with Gasteiger partial charge in [-0.1, -0.05) is 4.67 Å². The van der Waals surface area contributed by atoms with E-state index in [-0.39, 0.29) is 6.10 Å². The van der Waals surface area contributed by atoms with Crippen LogP contribution in [0.15, 0.2) is 0 Å². The summed E-state index contributed by atoms with van der Waals surface area (Å²) >= 11 is 0. The van der Waals surface area contributed by atoms with E-state index in [0.29, 0.717) is 6.61 Å². The summed E-state index contributed by atoms with van der Waals surface area (Å²) in [4.78, 5) is 2.18. The van der Waals surface area contributed by atoms with Crippen molar-refractivity contribution < 1.29 is 13.8 Å². The molecule has 0 aromatic carbocycles. The number of nitrogens with zero attached hydrogens (tertiary/aromatic N) is 2. The van der Waals surface area contributed by atoms with Gasteiger partial charge in [0.25, 0.3) is 0 Å². The number of rotatable bonds is 4. The molecule has 0 saturated carbocycles. The minimum Gasteiger partial charge on any atom is -0.373 e. The summed E-state index contributed by atoms with van der Waals surface area (Å²) in [5.41, 5.74) is 0. The standard InChI is InChI=1S/C8H18N2O3P/c1-9(2)14(11)13-7-8-6-10(3)4-5-12-8/h8H,4-7H2,1-3H3/q+1/t8-/m0/s1. The topological polar surface area (TPSA) is 42.0 Å². The summed E-state index contributed by atoms with van der Waals surface area (Å²) in [7, 11) is 3.81. The minimum atomic E-state index is -1.69. The first-order valence-corrected chi connectivity index (χ1v) is 5.80. The molecule has 5 nitrogen and oxygen atoms in total. The maximum absolute atomic E-state index is 11.2. The molecule has 0 aliphatic carbocycles. The highest BCUT2D eigenvalue weighted by Crippen LogP contribution is 2.24. The van der Waals surface area contributed by atoms with Crippen LogP contribution in [0.5, 0.6) is 0 Å². The van der Waals surface area contributed by atoms with Crippen molar-refractivity contribution in [2.75, 3.05) is 47.4 Å². The predicted octanol–water partition coefficient (Wildman–Crippen LogP) is 0.553. The van der Waals surface area contributed by atoms with Crippen molar-refractivity contribution in [1.82, 2.24) is 9.57 Å². The van der Waals surface area contributed by atoms with E-state index < -0.39 is 8.18 Å². The minimum absolute atomic E-state index is 0.0487. The second-order valence-corrected chi connectivity index (χ2v) is 5.17. The zero-order chi connectivity index (χ0) is 10.6. The van der Waals surface area contributed by atoms with Gasteiger partial charge in [0.2, 0.25) is 0 Å². The number of hydrogen-bond acceptors (Lipinski definition) is 4. The van der Waals surface area contributed by atoms with Crippen LogP contribution in [-0.4, -0.2) is 63.1 Å². The monoisotopic (exact) mass is 221 g/mol. The van der Waals surface area contributed by atoms with Gasteiger partial charge in [-0.2, -0.15) is 0 Å². The van der Waals surface area contributed by atoms with Gasteiger partial charge in [-0.3, -0.25) is 0 Å². The third-order valence-electron chi connectivity index (χ3n) is 2.04. The van der Waals surface area contributed by atoms with Crippen molar-refractivity contribution >= 4 is 8.18 Å². The molecular weight excluding hydrogens is 203 g/mol. The lowest BCUT2D eigenvalue weighted by Crippen LogP contribution is -2.41. The second kappa shape index (κ2) is 5.73. The smallest absolute Gasteiger partial charge is 0.373 e. The Kier molecular flexibility index (Phi) is 4.92. The van der Waals surface area contributed by atoms with Crippen LogP contribution in [0.4, 0.5) is 0 Å². The molecule has 0 radical (unpaired) electrons. The normalized spacial score (nSPS) is 25.4. The van der Waals surface area contributed by atoms with Crippen LogP contribution in [0.3, 0.4) is 0 Å².